The molecule has 1 aromatic carbocycles. The second-order valence-corrected chi connectivity index (χ2v) is 5.32. The molecule has 0 saturated carbocycles. The number of ether oxygens (including phenoxy) is 1. The standard InChI is InChI=1S/C17H12ClN3O3/c1-24-17(23)11-4-5-12-14(8-11)20-15(21-16(12)22)13(18)7-10-3-2-6-19-9-10/h2-9H,1H3,(H,20,21,22). The van der Waals surface area contributed by atoms with Gasteiger partial charge < -0.3 is 9.72 Å². The van der Waals surface area contributed by atoms with Crippen molar-refractivity contribution in [3.63, 3.8) is 0 Å². The van der Waals surface area contributed by atoms with Gasteiger partial charge in [-0.15, -0.1) is 0 Å². The molecule has 120 valence electrons. The summed E-state index contributed by atoms with van der Waals surface area (Å²) in [5.74, 6) is -0.294. The number of fused-ring (bicyclic) bond motifs is 1. The Morgan fingerprint density at radius 1 is 1.33 bits per heavy atom. The van der Waals surface area contributed by atoms with Crippen molar-refractivity contribution < 1.29 is 9.53 Å². The topological polar surface area (TPSA) is 84.9 Å². The minimum absolute atomic E-state index is 0.208. The lowest BCUT2D eigenvalue weighted by Crippen LogP contribution is -2.11. The molecule has 0 aliphatic rings. The van der Waals surface area contributed by atoms with Gasteiger partial charge in [-0.2, -0.15) is 0 Å². The molecule has 0 fully saturated rings. The second kappa shape index (κ2) is 6.64. The zero-order chi connectivity index (χ0) is 17.1. The van der Waals surface area contributed by atoms with Crippen molar-refractivity contribution in [1.82, 2.24) is 15.0 Å². The predicted octanol–water partition coefficient (Wildman–Crippen LogP) is 2.84. The van der Waals surface area contributed by atoms with Crippen LogP contribution in [0.3, 0.4) is 0 Å². The lowest BCUT2D eigenvalue weighted by atomic mass is 10.1. The molecular formula is C17H12ClN3O3. The molecule has 3 aromatic rings. The molecule has 24 heavy (non-hydrogen) atoms. The summed E-state index contributed by atoms with van der Waals surface area (Å²) in [5, 5.41) is 0.614. The number of aromatic nitrogens is 3. The van der Waals surface area contributed by atoms with Gasteiger partial charge in [0.15, 0.2) is 5.82 Å². The fourth-order valence-corrected chi connectivity index (χ4v) is 2.39. The third kappa shape index (κ3) is 3.18. The number of hydrogen-bond acceptors (Lipinski definition) is 5. The molecule has 0 aliphatic heterocycles. The smallest absolute Gasteiger partial charge is 0.337 e. The van der Waals surface area contributed by atoms with Crippen molar-refractivity contribution in [2.75, 3.05) is 7.11 Å². The third-order valence-electron chi connectivity index (χ3n) is 3.33. The molecular weight excluding hydrogens is 330 g/mol. The number of hydrogen-bond donors (Lipinski definition) is 1. The summed E-state index contributed by atoms with van der Waals surface area (Å²) in [7, 11) is 1.29. The van der Waals surface area contributed by atoms with E-state index < -0.39 is 5.97 Å². The molecule has 3 rings (SSSR count). The molecule has 0 saturated heterocycles. The molecule has 0 aliphatic carbocycles. The summed E-state index contributed by atoms with van der Waals surface area (Å²) in [6.45, 7) is 0. The SMILES string of the molecule is COC(=O)c1ccc2c(=O)[nH]c(C(Cl)=Cc3cccnc3)nc2c1. The Labute approximate surface area is 141 Å². The van der Waals surface area contributed by atoms with Crippen LogP contribution >= 0.6 is 11.6 Å². The van der Waals surface area contributed by atoms with Gasteiger partial charge in [-0.3, -0.25) is 9.78 Å². The van der Waals surface area contributed by atoms with Gasteiger partial charge in [0.05, 0.1) is 28.6 Å². The van der Waals surface area contributed by atoms with Crippen LogP contribution in [-0.2, 0) is 4.74 Å². The summed E-state index contributed by atoms with van der Waals surface area (Å²) in [5.41, 5.74) is 1.09. The second-order valence-electron chi connectivity index (χ2n) is 4.92. The Balaban J connectivity index is 2.10. The largest absolute Gasteiger partial charge is 0.465 e. The Bertz CT molecular complexity index is 997. The summed E-state index contributed by atoms with van der Waals surface area (Å²) in [4.78, 5) is 34.8. The lowest BCUT2D eigenvalue weighted by Gasteiger charge is -2.04. The van der Waals surface area contributed by atoms with Gasteiger partial charge in [-0.05, 0) is 35.9 Å². The van der Waals surface area contributed by atoms with E-state index >= 15 is 0 Å². The number of carbonyl (C=O) groups excluding carboxylic acids is 1. The number of H-pyrrole nitrogens is 1. The predicted molar refractivity (Wildman–Crippen MR) is 91.7 cm³/mol. The van der Waals surface area contributed by atoms with Crippen molar-refractivity contribution >= 4 is 39.6 Å². The van der Waals surface area contributed by atoms with Gasteiger partial charge in [-0.1, -0.05) is 17.7 Å². The first-order valence-corrected chi connectivity index (χ1v) is 7.36. The van der Waals surface area contributed by atoms with E-state index in [0.29, 0.717) is 16.5 Å². The zero-order valence-electron chi connectivity index (χ0n) is 12.6. The monoisotopic (exact) mass is 341 g/mol. The molecule has 1 N–H and O–H groups in total. The number of aromatic amines is 1. The maximum Gasteiger partial charge on any atom is 0.337 e. The Morgan fingerprint density at radius 3 is 2.88 bits per heavy atom. The van der Waals surface area contributed by atoms with Gasteiger partial charge in [0, 0.05) is 12.4 Å². The number of nitrogens with zero attached hydrogens (tertiary/aromatic N) is 2. The van der Waals surface area contributed by atoms with Crippen LogP contribution in [0.1, 0.15) is 21.7 Å². The van der Waals surface area contributed by atoms with Crippen LogP contribution in [0, 0.1) is 0 Å². The van der Waals surface area contributed by atoms with E-state index in [1.807, 2.05) is 6.07 Å². The highest BCUT2D eigenvalue weighted by molar-refractivity contribution is 6.50. The van der Waals surface area contributed by atoms with E-state index in [2.05, 4.69) is 19.7 Å². The molecule has 7 heteroatoms. The van der Waals surface area contributed by atoms with Crippen LogP contribution in [-0.4, -0.2) is 28.0 Å². The molecule has 0 amide bonds. The number of carbonyl (C=O) groups is 1. The minimum Gasteiger partial charge on any atom is -0.465 e. The van der Waals surface area contributed by atoms with Crippen molar-refractivity contribution in [3.8, 4) is 0 Å². The number of benzene rings is 1. The number of nitrogens with one attached hydrogen (secondary N) is 1. The maximum atomic E-state index is 12.2. The van der Waals surface area contributed by atoms with Crippen LogP contribution in [0.15, 0.2) is 47.5 Å². The van der Waals surface area contributed by atoms with Crippen LogP contribution in [0.5, 0.6) is 0 Å². The number of halogens is 1. The Hall–Kier alpha value is -2.99. The number of methoxy groups -OCH3 is 1. The van der Waals surface area contributed by atoms with Gasteiger partial charge in [-0.25, -0.2) is 9.78 Å². The summed E-state index contributed by atoms with van der Waals surface area (Å²) >= 11 is 6.25. The first kappa shape index (κ1) is 15.9. The van der Waals surface area contributed by atoms with Gasteiger partial charge in [0.1, 0.15) is 0 Å². The van der Waals surface area contributed by atoms with Crippen LogP contribution in [0.25, 0.3) is 22.0 Å². The Kier molecular flexibility index (Phi) is 4.39. The van der Waals surface area contributed by atoms with E-state index in [4.69, 9.17) is 11.6 Å². The zero-order valence-corrected chi connectivity index (χ0v) is 13.4. The molecule has 0 bridgehead atoms. The van der Waals surface area contributed by atoms with Crippen LogP contribution in [0.2, 0.25) is 0 Å². The minimum atomic E-state index is -0.502. The molecule has 0 radical (unpaired) electrons. The summed E-state index contributed by atoms with van der Waals surface area (Å²) in [6, 6.07) is 8.13. The first-order valence-electron chi connectivity index (χ1n) is 6.98. The average Bonchev–Trinajstić information content (AvgIpc) is 2.61. The number of rotatable bonds is 3. The average molecular weight is 342 g/mol. The number of esters is 1. The molecule has 0 spiro atoms. The molecule has 0 unspecified atom stereocenters. The highest BCUT2D eigenvalue weighted by Crippen LogP contribution is 2.20. The quantitative estimate of drug-likeness (QED) is 0.740. The lowest BCUT2D eigenvalue weighted by molar-refractivity contribution is 0.0601. The van der Waals surface area contributed by atoms with E-state index in [1.54, 1.807) is 24.5 Å². The fraction of sp³-hybridized carbons (Fsp3) is 0.0588. The van der Waals surface area contributed by atoms with E-state index in [0.717, 1.165) is 5.56 Å². The maximum absolute atomic E-state index is 12.2. The van der Waals surface area contributed by atoms with E-state index in [-0.39, 0.29) is 16.4 Å². The fourth-order valence-electron chi connectivity index (χ4n) is 2.17. The molecule has 6 nitrogen and oxygen atoms in total. The van der Waals surface area contributed by atoms with E-state index in [1.165, 1.54) is 25.3 Å². The summed E-state index contributed by atoms with van der Waals surface area (Å²) in [6.07, 6.45) is 4.93. The van der Waals surface area contributed by atoms with Crippen molar-refractivity contribution in [1.29, 1.82) is 0 Å². The highest BCUT2D eigenvalue weighted by Gasteiger charge is 2.11. The molecule has 2 aromatic heterocycles. The Morgan fingerprint density at radius 2 is 2.17 bits per heavy atom. The van der Waals surface area contributed by atoms with Crippen molar-refractivity contribution in [3.05, 3.63) is 70.0 Å². The van der Waals surface area contributed by atoms with Gasteiger partial charge in [0.25, 0.3) is 5.56 Å². The number of pyridine rings is 1. The molecule has 0 atom stereocenters. The van der Waals surface area contributed by atoms with E-state index in [9.17, 15) is 9.59 Å². The normalized spacial score (nSPS) is 11.5. The van der Waals surface area contributed by atoms with Crippen LogP contribution < -0.4 is 5.56 Å². The first-order chi connectivity index (χ1) is 11.6. The highest BCUT2D eigenvalue weighted by atomic mass is 35.5. The van der Waals surface area contributed by atoms with Gasteiger partial charge in [0.2, 0.25) is 0 Å². The third-order valence-corrected chi connectivity index (χ3v) is 3.62. The summed E-state index contributed by atoms with van der Waals surface area (Å²) < 4.78 is 4.68. The van der Waals surface area contributed by atoms with Crippen molar-refractivity contribution in [2.24, 2.45) is 0 Å². The van der Waals surface area contributed by atoms with Gasteiger partial charge >= 0.3 is 5.97 Å². The molecule has 2 heterocycles. The van der Waals surface area contributed by atoms with Crippen molar-refractivity contribution in [2.45, 2.75) is 0 Å². The van der Waals surface area contributed by atoms with Crippen LogP contribution in [0.4, 0.5) is 0 Å².